The predicted molar refractivity (Wildman–Crippen MR) is 102 cm³/mol. The van der Waals surface area contributed by atoms with Crippen LogP contribution in [-0.2, 0) is 15.0 Å². The summed E-state index contributed by atoms with van der Waals surface area (Å²) >= 11 is 0. The average Bonchev–Trinajstić information content (AvgIpc) is 2.50. The van der Waals surface area contributed by atoms with Crippen LogP contribution in [0.25, 0.3) is 10.9 Å². The molecule has 118 valence electrons. The first-order valence-corrected chi connectivity index (χ1v) is 7.50. The number of nitrogens with two attached hydrogens (primary N) is 1. The van der Waals surface area contributed by atoms with Crippen LogP contribution in [0.3, 0.4) is 0 Å². The number of carbonyl (C=O) groups is 2. The third-order valence-electron chi connectivity index (χ3n) is 4.45. The van der Waals surface area contributed by atoms with Gasteiger partial charge in [-0.2, -0.15) is 0 Å². The largest absolute Gasteiger partial charge is 0.399 e. The number of nitrogens with one attached hydrogen (secondary N) is 1. The first-order valence-electron chi connectivity index (χ1n) is 7.50. The second-order valence-electron chi connectivity index (χ2n) is 6.41. The molecule has 3 N–H and O–H groups in total. The highest BCUT2D eigenvalue weighted by atomic mass is 16.2. The zero-order valence-corrected chi connectivity index (χ0v) is 13.9. The smallest absolute Gasteiger partial charge is 0.263 e. The minimum atomic E-state index is -2.05. The normalized spacial score (nSPS) is 22.3. The number of aromatic nitrogens is 2. The molecule has 0 spiro atoms. The van der Waals surface area contributed by atoms with Crippen LogP contribution in [0, 0.1) is 6.92 Å². The number of aryl methyl sites for hydroxylation is 1. The number of rotatable bonds is 1. The Kier molecular flexibility index (Phi) is 3.94. The molecule has 2 aromatic rings. The van der Waals surface area contributed by atoms with Crippen molar-refractivity contribution in [3.63, 3.8) is 0 Å². The molecule has 2 amide bonds. The van der Waals surface area contributed by atoms with Crippen LogP contribution in [0.1, 0.15) is 12.2 Å². The average molecular weight is 335 g/mol. The molecule has 10 radical (unpaired) electrons. The monoisotopic (exact) mass is 336 g/mol. The van der Waals surface area contributed by atoms with E-state index in [1.54, 1.807) is 0 Å². The number of fused-ring (bicyclic) bond motifs is 1. The van der Waals surface area contributed by atoms with Crippen molar-refractivity contribution in [2.45, 2.75) is 24.0 Å². The molecule has 1 aromatic heterocycles. The summed E-state index contributed by atoms with van der Waals surface area (Å²) in [6.07, 6.45) is -0.525. The van der Waals surface area contributed by atoms with Gasteiger partial charge < -0.3 is 5.73 Å². The maximum absolute atomic E-state index is 13.1. The molecule has 1 unspecified atom stereocenters. The second-order valence-corrected chi connectivity index (χ2v) is 6.41. The lowest BCUT2D eigenvalue weighted by atomic mass is 9.45. The van der Waals surface area contributed by atoms with Crippen LogP contribution >= 0.6 is 0 Å². The topological polar surface area (TPSA) is 107 Å². The van der Waals surface area contributed by atoms with E-state index < -0.39 is 34.4 Å². The van der Waals surface area contributed by atoms with Crippen molar-refractivity contribution >= 4 is 78.6 Å². The number of imide groups is 1. The summed E-state index contributed by atoms with van der Waals surface area (Å²) in [4.78, 5) is 41.5. The SMILES string of the molecule is [B]c1cc2nc(C)n(C3([B])CC([B])([B])C(=O)NC3=O)c(=O)c2c(N)c1[B]. The number of anilines is 1. The minimum Gasteiger partial charge on any atom is -0.399 e. The molecule has 0 bridgehead atoms. The molecule has 26 heavy (non-hydrogen) atoms. The van der Waals surface area contributed by atoms with Gasteiger partial charge in [0.2, 0.25) is 11.8 Å². The Morgan fingerprint density at radius 3 is 2.42 bits per heavy atom. The molecule has 1 atom stereocenters. The highest BCUT2D eigenvalue weighted by Gasteiger charge is 2.49. The van der Waals surface area contributed by atoms with E-state index in [0.29, 0.717) is 0 Å². The number of hydrogen-bond acceptors (Lipinski definition) is 5. The van der Waals surface area contributed by atoms with Crippen LogP contribution in [0.15, 0.2) is 10.9 Å². The van der Waals surface area contributed by atoms with Gasteiger partial charge in [-0.1, -0.05) is 10.9 Å². The standard InChI is InChI=1S/C14H9B5N4O3/c1-4-21-6-2-5(15)8(16)9(20)7(6)10(24)23(4)14(19)3-13(17,18)11(25)22-12(14)26/h2H,3,20H2,1H3,(H,22,25,26). The van der Waals surface area contributed by atoms with Crippen molar-refractivity contribution in [1.29, 1.82) is 0 Å². The number of nitrogen functional groups attached to an aromatic ring is 1. The van der Waals surface area contributed by atoms with Crippen molar-refractivity contribution in [2.24, 2.45) is 0 Å². The Labute approximate surface area is 155 Å². The molecule has 2 heterocycles. The minimum absolute atomic E-state index is 0.00754. The molecule has 0 aliphatic carbocycles. The fourth-order valence-corrected chi connectivity index (χ4v) is 3.11. The van der Waals surface area contributed by atoms with Gasteiger partial charge in [-0.25, -0.2) is 4.98 Å². The molecule has 12 heteroatoms. The van der Waals surface area contributed by atoms with Crippen molar-refractivity contribution in [3.8, 4) is 0 Å². The van der Waals surface area contributed by atoms with E-state index in [1.807, 2.05) is 5.32 Å². The summed E-state index contributed by atoms with van der Waals surface area (Å²) in [7, 11) is 29.2. The van der Waals surface area contributed by atoms with Gasteiger partial charge in [-0.05, 0) is 24.6 Å². The Morgan fingerprint density at radius 2 is 1.81 bits per heavy atom. The number of amides is 2. The highest BCUT2D eigenvalue weighted by molar-refractivity contribution is 6.53. The van der Waals surface area contributed by atoms with Crippen molar-refractivity contribution in [3.05, 3.63) is 22.2 Å². The van der Waals surface area contributed by atoms with Crippen molar-refractivity contribution < 1.29 is 9.59 Å². The number of nitrogens with zero attached hydrogens (tertiary/aromatic N) is 2. The van der Waals surface area contributed by atoms with Crippen molar-refractivity contribution in [1.82, 2.24) is 14.9 Å². The number of carbonyl (C=O) groups excluding carboxylic acids is 2. The van der Waals surface area contributed by atoms with E-state index in [0.717, 1.165) is 4.57 Å². The summed E-state index contributed by atoms with van der Waals surface area (Å²) in [5.74, 6) is -1.77. The van der Waals surface area contributed by atoms with Gasteiger partial charge in [-0.3, -0.25) is 24.3 Å². The summed E-state index contributed by atoms with van der Waals surface area (Å²) in [6.45, 7) is 1.45. The van der Waals surface area contributed by atoms with E-state index in [2.05, 4.69) is 4.98 Å². The molecular weight excluding hydrogens is 326 g/mol. The van der Waals surface area contributed by atoms with E-state index in [4.69, 9.17) is 45.0 Å². The molecular formula is C14H9B5N4O3. The van der Waals surface area contributed by atoms with E-state index in [9.17, 15) is 14.4 Å². The Hall–Kier alpha value is -2.38. The molecule has 1 aliphatic heterocycles. The fourth-order valence-electron chi connectivity index (χ4n) is 3.11. The summed E-state index contributed by atoms with van der Waals surface area (Å²) in [5.41, 5.74) is 3.40. The van der Waals surface area contributed by atoms with Crippen LogP contribution < -0.4 is 27.5 Å². The van der Waals surface area contributed by atoms with Crippen LogP contribution in [0.4, 0.5) is 5.69 Å². The van der Waals surface area contributed by atoms with Crippen LogP contribution in [0.2, 0.25) is 5.21 Å². The Balaban J connectivity index is 2.37. The van der Waals surface area contributed by atoms with E-state index >= 15 is 0 Å². The Bertz CT molecular complexity index is 1050. The third-order valence-corrected chi connectivity index (χ3v) is 4.45. The lowest BCUT2D eigenvalue weighted by Gasteiger charge is -2.43. The summed E-state index contributed by atoms with van der Waals surface area (Å²) in [6, 6.07) is 1.39. The maximum Gasteiger partial charge on any atom is 0.263 e. The van der Waals surface area contributed by atoms with Crippen LogP contribution in [-0.4, -0.2) is 60.6 Å². The van der Waals surface area contributed by atoms with E-state index in [1.165, 1.54) is 13.0 Å². The zero-order chi connectivity index (χ0) is 19.6. The summed E-state index contributed by atoms with van der Waals surface area (Å²) < 4.78 is 0.900. The maximum atomic E-state index is 13.1. The third kappa shape index (κ3) is 2.42. The highest BCUT2D eigenvalue weighted by Crippen LogP contribution is 2.36. The molecule has 1 fully saturated rings. The lowest BCUT2D eigenvalue weighted by molar-refractivity contribution is -0.138. The van der Waals surface area contributed by atoms with Crippen LogP contribution in [0.5, 0.6) is 0 Å². The lowest BCUT2D eigenvalue weighted by Crippen LogP contribution is -2.63. The first-order chi connectivity index (χ1) is 11.9. The Morgan fingerprint density at radius 1 is 1.19 bits per heavy atom. The summed E-state index contributed by atoms with van der Waals surface area (Å²) in [5, 5.41) is -0.0420. The van der Waals surface area contributed by atoms with Gasteiger partial charge in [0.15, 0.2) is 0 Å². The van der Waals surface area contributed by atoms with Gasteiger partial charge in [0, 0.05) is 5.69 Å². The molecule has 0 saturated carbocycles. The van der Waals surface area contributed by atoms with E-state index in [-0.39, 0.29) is 33.3 Å². The van der Waals surface area contributed by atoms with Gasteiger partial charge in [0.05, 0.1) is 32.0 Å². The number of hydrogen-bond donors (Lipinski definition) is 2. The van der Waals surface area contributed by atoms with Gasteiger partial charge >= 0.3 is 0 Å². The second kappa shape index (κ2) is 5.56. The van der Waals surface area contributed by atoms with Gasteiger partial charge in [0.25, 0.3) is 5.56 Å². The molecule has 7 nitrogen and oxygen atoms in total. The fraction of sp³-hybridized carbons (Fsp3) is 0.286. The van der Waals surface area contributed by atoms with Gasteiger partial charge in [-0.15, -0.1) is 0 Å². The van der Waals surface area contributed by atoms with Gasteiger partial charge in [0.1, 0.15) is 29.4 Å². The molecule has 1 saturated heterocycles. The molecule has 3 rings (SSSR count). The first kappa shape index (κ1) is 18.4. The number of piperidine rings is 1. The molecule has 1 aliphatic rings. The molecule has 1 aromatic carbocycles. The number of benzene rings is 1. The predicted octanol–water partition coefficient (Wildman–Crippen LogP) is -3.80. The quantitative estimate of drug-likeness (QED) is 0.316. The van der Waals surface area contributed by atoms with Crippen molar-refractivity contribution in [2.75, 3.05) is 5.73 Å². The zero-order valence-electron chi connectivity index (χ0n) is 13.9.